The Hall–Kier alpha value is -1.82. The fourth-order valence-corrected chi connectivity index (χ4v) is 3.33. The zero-order chi connectivity index (χ0) is 17.4. The molecule has 5 nitrogen and oxygen atoms in total. The first-order chi connectivity index (χ1) is 11.7. The first kappa shape index (κ1) is 18.5. The Labute approximate surface area is 148 Å². The third-order valence-corrected chi connectivity index (χ3v) is 4.84. The minimum atomic E-state index is 0.00320. The third kappa shape index (κ3) is 5.09. The number of aryl methyl sites for hydroxylation is 1. The maximum atomic E-state index is 12.2. The van der Waals surface area contributed by atoms with E-state index in [1.807, 2.05) is 37.3 Å². The van der Waals surface area contributed by atoms with Crippen LogP contribution in [0.2, 0.25) is 0 Å². The van der Waals surface area contributed by atoms with E-state index in [-0.39, 0.29) is 11.9 Å². The number of carbonyl (C=O) groups is 1. The van der Waals surface area contributed by atoms with E-state index in [0.717, 1.165) is 42.4 Å². The average Bonchev–Trinajstić information content (AvgIpc) is 3.00. The number of carbonyl (C=O) groups excluding carboxylic acids is 1. The molecule has 0 bridgehead atoms. The summed E-state index contributed by atoms with van der Waals surface area (Å²) in [6.07, 6.45) is 3.19. The summed E-state index contributed by atoms with van der Waals surface area (Å²) < 4.78 is 2.11. The zero-order valence-electron chi connectivity index (χ0n) is 14.7. The molecule has 0 aliphatic carbocycles. The van der Waals surface area contributed by atoms with Gasteiger partial charge in [0.05, 0.1) is 11.8 Å². The second-order valence-corrected chi connectivity index (χ2v) is 6.68. The third-order valence-electron chi connectivity index (χ3n) is 3.87. The first-order valence-electron chi connectivity index (χ1n) is 8.54. The lowest BCUT2D eigenvalue weighted by molar-refractivity contribution is -0.119. The van der Waals surface area contributed by atoms with Crippen molar-refractivity contribution >= 4 is 17.7 Å². The van der Waals surface area contributed by atoms with E-state index >= 15 is 0 Å². The van der Waals surface area contributed by atoms with Crippen LogP contribution in [0.15, 0.2) is 35.5 Å². The van der Waals surface area contributed by atoms with Crippen LogP contribution in [-0.4, -0.2) is 26.4 Å². The quantitative estimate of drug-likeness (QED) is 0.705. The lowest BCUT2D eigenvalue weighted by Crippen LogP contribution is -2.28. The fourth-order valence-electron chi connectivity index (χ4n) is 2.50. The number of aromatic nitrogens is 3. The first-order valence-corrected chi connectivity index (χ1v) is 9.53. The van der Waals surface area contributed by atoms with Gasteiger partial charge < -0.3 is 9.88 Å². The van der Waals surface area contributed by atoms with E-state index in [1.54, 1.807) is 0 Å². The van der Waals surface area contributed by atoms with Crippen LogP contribution in [0.3, 0.4) is 0 Å². The normalized spacial score (nSPS) is 12.1. The van der Waals surface area contributed by atoms with Gasteiger partial charge in [0.15, 0.2) is 5.16 Å². The molecule has 1 aromatic carbocycles. The van der Waals surface area contributed by atoms with Crippen molar-refractivity contribution in [2.75, 3.05) is 5.75 Å². The predicted octanol–water partition coefficient (Wildman–Crippen LogP) is 3.61. The number of hydrogen-bond donors (Lipinski definition) is 1. The molecule has 1 heterocycles. The molecule has 130 valence electrons. The lowest BCUT2D eigenvalue weighted by Gasteiger charge is -2.14. The Morgan fingerprint density at radius 3 is 2.67 bits per heavy atom. The van der Waals surface area contributed by atoms with Crippen molar-refractivity contribution in [3.05, 3.63) is 41.7 Å². The Morgan fingerprint density at radius 1 is 1.25 bits per heavy atom. The summed E-state index contributed by atoms with van der Waals surface area (Å²) in [6.45, 7) is 7.08. The summed E-state index contributed by atoms with van der Waals surface area (Å²) >= 11 is 1.45. The van der Waals surface area contributed by atoms with Gasteiger partial charge in [-0.05, 0) is 25.8 Å². The summed E-state index contributed by atoms with van der Waals surface area (Å²) in [4.78, 5) is 12.2. The van der Waals surface area contributed by atoms with Crippen LogP contribution in [-0.2, 0) is 17.8 Å². The van der Waals surface area contributed by atoms with Crippen molar-refractivity contribution in [1.82, 2.24) is 20.1 Å². The SMILES string of the molecule is CCCCc1nnc(SCC(=O)N[C@H](C)c2ccccc2)n1CC. The molecule has 0 saturated heterocycles. The number of rotatable bonds is 9. The molecule has 6 heteroatoms. The Bertz CT molecular complexity index is 642. The molecule has 0 spiro atoms. The maximum Gasteiger partial charge on any atom is 0.230 e. The van der Waals surface area contributed by atoms with E-state index in [4.69, 9.17) is 0 Å². The molecule has 2 aromatic rings. The monoisotopic (exact) mass is 346 g/mol. The van der Waals surface area contributed by atoms with Crippen molar-refractivity contribution in [3.63, 3.8) is 0 Å². The topological polar surface area (TPSA) is 59.8 Å². The molecular formula is C18H26N4OS. The molecule has 0 saturated carbocycles. The second-order valence-electron chi connectivity index (χ2n) is 5.74. The van der Waals surface area contributed by atoms with Crippen LogP contribution in [0, 0.1) is 0 Å². The molecular weight excluding hydrogens is 320 g/mol. The summed E-state index contributed by atoms with van der Waals surface area (Å²) in [5.74, 6) is 1.38. The van der Waals surface area contributed by atoms with Crippen molar-refractivity contribution in [2.24, 2.45) is 0 Å². The number of nitrogens with one attached hydrogen (secondary N) is 1. The van der Waals surface area contributed by atoms with E-state index in [9.17, 15) is 4.79 Å². The lowest BCUT2D eigenvalue weighted by atomic mass is 10.1. The van der Waals surface area contributed by atoms with Gasteiger partial charge in [-0.2, -0.15) is 0 Å². The van der Waals surface area contributed by atoms with Gasteiger partial charge in [-0.3, -0.25) is 4.79 Å². The minimum absolute atomic E-state index is 0.00320. The van der Waals surface area contributed by atoms with Crippen molar-refractivity contribution in [1.29, 1.82) is 0 Å². The van der Waals surface area contributed by atoms with Crippen LogP contribution in [0.4, 0.5) is 0 Å². The zero-order valence-corrected chi connectivity index (χ0v) is 15.5. The minimum Gasteiger partial charge on any atom is -0.349 e. The van der Waals surface area contributed by atoms with Crippen molar-refractivity contribution in [3.8, 4) is 0 Å². The molecule has 1 atom stereocenters. The largest absolute Gasteiger partial charge is 0.349 e. The van der Waals surface area contributed by atoms with Crippen LogP contribution in [0.5, 0.6) is 0 Å². The number of nitrogens with zero attached hydrogens (tertiary/aromatic N) is 3. The van der Waals surface area contributed by atoms with Gasteiger partial charge in [0, 0.05) is 13.0 Å². The molecule has 0 aliphatic heterocycles. The van der Waals surface area contributed by atoms with E-state index in [1.165, 1.54) is 11.8 Å². The highest BCUT2D eigenvalue weighted by Crippen LogP contribution is 2.18. The fraction of sp³-hybridized carbons (Fsp3) is 0.500. The number of unbranched alkanes of at least 4 members (excludes halogenated alkanes) is 1. The molecule has 0 aliphatic rings. The standard InChI is InChI=1S/C18H26N4OS/c1-4-6-12-16-20-21-18(22(16)5-2)24-13-17(23)19-14(3)15-10-8-7-9-11-15/h7-11,14H,4-6,12-13H2,1-3H3,(H,19,23)/t14-/m1/s1. The van der Waals surface area contributed by atoms with Gasteiger partial charge in [-0.25, -0.2) is 0 Å². The summed E-state index contributed by atoms with van der Waals surface area (Å²) in [7, 11) is 0. The Kier molecular flexibility index (Phi) is 7.31. The van der Waals surface area contributed by atoms with Crippen LogP contribution >= 0.6 is 11.8 Å². The van der Waals surface area contributed by atoms with Crippen LogP contribution in [0.25, 0.3) is 0 Å². The molecule has 0 radical (unpaired) electrons. The smallest absolute Gasteiger partial charge is 0.230 e. The van der Waals surface area contributed by atoms with Gasteiger partial charge in [0.1, 0.15) is 5.82 Å². The second kappa shape index (κ2) is 9.47. The van der Waals surface area contributed by atoms with E-state index in [2.05, 4.69) is 33.9 Å². The van der Waals surface area contributed by atoms with Gasteiger partial charge in [-0.15, -0.1) is 10.2 Å². The van der Waals surface area contributed by atoms with Crippen LogP contribution < -0.4 is 5.32 Å². The molecule has 1 aromatic heterocycles. The Balaban J connectivity index is 1.88. The summed E-state index contributed by atoms with van der Waals surface area (Å²) in [6, 6.07) is 9.98. The molecule has 1 amide bonds. The highest BCUT2D eigenvalue weighted by atomic mass is 32.2. The number of benzene rings is 1. The highest BCUT2D eigenvalue weighted by Gasteiger charge is 2.14. The van der Waals surface area contributed by atoms with E-state index in [0.29, 0.717) is 5.75 Å². The van der Waals surface area contributed by atoms with Crippen molar-refractivity contribution < 1.29 is 4.79 Å². The van der Waals surface area contributed by atoms with Crippen LogP contribution in [0.1, 0.15) is 51.0 Å². The maximum absolute atomic E-state index is 12.2. The highest BCUT2D eigenvalue weighted by molar-refractivity contribution is 7.99. The Morgan fingerprint density at radius 2 is 2.00 bits per heavy atom. The molecule has 0 unspecified atom stereocenters. The van der Waals surface area contributed by atoms with Crippen molar-refractivity contribution in [2.45, 2.75) is 57.8 Å². The van der Waals surface area contributed by atoms with Gasteiger partial charge >= 0.3 is 0 Å². The van der Waals surface area contributed by atoms with E-state index < -0.39 is 0 Å². The number of amides is 1. The molecule has 1 N–H and O–H groups in total. The number of hydrogen-bond acceptors (Lipinski definition) is 4. The average molecular weight is 347 g/mol. The summed E-state index contributed by atoms with van der Waals surface area (Å²) in [5, 5.41) is 12.4. The summed E-state index contributed by atoms with van der Waals surface area (Å²) in [5.41, 5.74) is 1.11. The number of thioether (sulfide) groups is 1. The van der Waals surface area contributed by atoms with Gasteiger partial charge in [-0.1, -0.05) is 55.4 Å². The molecule has 2 rings (SSSR count). The van der Waals surface area contributed by atoms with Gasteiger partial charge in [0.25, 0.3) is 0 Å². The molecule has 0 fully saturated rings. The van der Waals surface area contributed by atoms with Gasteiger partial charge in [0.2, 0.25) is 5.91 Å². The molecule has 24 heavy (non-hydrogen) atoms. The predicted molar refractivity (Wildman–Crippen MR) is 98.0 cm³/mol.